The lowest BCUT2D eigenvalue weighted by Gasteiger charge is -2.44. The highest BCUT2D eigenvalue weighted by Gasteiger charge is 2.38. The Bertz CT molecular complexity index is 126. The highest BCUT2D eigenvalue weighted by atomic mass is 32.1. The van der Waals surface area contributed by atoms with E-state index in [-0.39, 0.29) is 4.75 Å². The van der Waals surface area contributed by atoms with Gasteiger partial charge in [-0.2, -0.15) is 12.6 Å². The normalized spacial score (nSPS) is 25.1. The molecule has 0 amide bonds. The summed E-state index contributed by atoms with van der Waals surface area (Å²) in [7, 11) is 0. The van der Waals surface area contributed by atoms with Crippen LogP contribution in [0.4, 0.5) is 0 Å². The summed E-state index contributed by atoms with van der Waals surface area (Å²) in [6.07, 6.45) is 7.64. The first-order valence-corrected chi connectivity index (χ1v) is 4.94. The van der Waals surface area contributed by atoms with Crippen LogP contribution < -0.4 is 0 Å². The SMILES string of the molecule is CC(C)(S)C1(C)C[CH]CCC1. The largest absolute Gasteiger partial charge is 0.173 e. The van der Waals surface area contributed by atoms with Gasteiger partial charge in [-0.25, -0.2) is 0 Å². The van der Waals surface area contributed by atoms with Gasteiger partial charge in [0, 0.05) is 4.75 Å². The first kappa shape index (κ1) is 9.44. The van der Waals surface area contributed by atoms with Gasteiger partial charge in [-0.05, 0) is 24.7 Å². The van der Waals surface area contributed by atoms with Crippen LogP contribution in [0.2, 0.25) is 0 Å². The molecule has 1 unspecified atom stereocenters. The zero-order valence-electron chi connectivity index (χ0n) is 7.85. The van der Waals surface area contributed by atoms with Crippen molar-refractivity contribution in [3.05, 3.63) is 6.42 Å². The molecule has 1 heteroatoms. The third kappa shape index (κ3) is 1.93. The quantitative estimate of drug-likeness (QED) is 0.574. The van der Waals surface area contributed by atoms with Crippen LogP contribution in [-0.4, -0.2) is 4.75 Å². The average molecular weight is 171 g/mol. The molecule has 0 nitrogen and oxygen atoms in total. The Morgan fingerprint density at radius 1 is 1.45 bits per heavy atom. The molecule has 1 saturated carbocycles. The third-order valence-corrected chi connectivity index (χ3v) is 3.75. The minimum absolute atomic E-state index is 0.171. The van der Waals surface area contributed by atoms with Crippen LogP contribution in [-0.2, 0) is 0 Å². The van der Waals surface area contributed by atoms with Crippen LogP contribution in [0.15, 0.2) is 0 Å². The second-order valence-corrected chi connectivity index (χ2v) is 5.62. The summed E-state index contributed by atoms with van der Waals surface area (Å²) in [6.45, 7) is 6.82. The molecular formula is C10H19S. The maximum Gasteiger partial charge on any atom is 0.0127 e. The van der Waals surface area contributed by atoms with E-state index in [1.54, 1.807) is 0 Å². The van der Waals surface area contributed by atoms with Crippen LogP contribution in [0.1, 0.15) is 46.5 Å². The lowest BCUT2D eigenvalue weighted by atomic mass is 9.68. The van der Waals surface area contributed by atoms with E-state index in [9.17, 15) is 0 Å². The van der Waals surface area contributed by atoms with E-state index < -0.39 is 0 Å². The molecule has 1 radical (unpaired) electrons. The van der Waals surface area contributed by atoms with Crippen molar-refractivity contribution in [2.45, 2.75) is 51.2 Å². The fraction of sp³-hybridized carbons (Fsp3) is 0.900. The topological polar surface area (TPSA) is 0 Å². The van der Waals surface area contributed by atoms with E-state index in [0.717, 1.165) is 0 Å². The van der Waals surface area contributed by atoms with E-state index in [2.05, 4.69) is 39.8 Å². The molecule has 0 N–H and O–H groups in total. The predicted octanol–water partition coefficient (Wildman–Crippen LogP) is 3.48. The fourth-order valence-corrected chi connectivity index (χ4v) is 1.92. The lowest BCUT2D eigenvalue weighted by Crippen LogP contribution is -2.38. The Morgan fingerprint density at radius 2 is 2.09 bits per heavy atom. The van der Waals surface area contributed by atoms with Gasteiger partial charge in [-0.15, -0.1) is 0 Å². The van der Waals surface area contributed by atoms with E-state index in [1.807, 2.05) is 0 Å². The summed E-state index contributed by atoms with van der Waals surface area (Å²) in [5.74, 6) is 0. The Morgan fingerprint density at radius 3 is 2.36 bits per heavy atom. The maximum atomic E-state index is 4.66. The maximum absolute atomic E-state index is 4.66. The van der Waals surface area contributed by atoms with Gasteiger partial charge in [-0.3, -0.25) is 0 Å². The van der Waals surface area contributed by atoms with E-state index in [4.69, 9.17) is 0 Å². The zero-order chi connectivity index (χ0) is 8.54. The van der Waals surface area contributed by atoms with E-state index in [0.29, 0.717) is 5.41 Å². The van der Waals surface area contributed by atoms with Gasteiger partial charge in [-0.1, -0.05) is 33.6 Å². The summed E-state index contributed by atoms with van der Waals surface area (Å²) >= 11 is 4.66. The van der Waals surface area contributed by atoms with Crippen molar-refractivity contribution in [3.63, 3.8) is 0 Å². The minimum Gasteiger partial charge on any atom is -0.173 e. The van der Waals surface area contributed by atoms with Crippen molar-refractivity contribution in [2.24, 2.45) is 5.41 Å². The molecule has 0 saturated heterocycles. The number of hydrogen-bond donors (Lipinski definition) is 1. The number of thiol groups is 1. The summed E-state index contributed by atoms with van der Waals surface area (Å²) in [5, 5.41) is 0. The zero-order valence-corrected chi connectivity index (χ0v) is 8.75. The molecule has 1 aliphatic carbocycles. The molecule has 0 aromatic heterocycles. The molecule has 11 heavy (non-hydrogen) atoms. The highest BCUT2D eigenvalue weighted by Crippen LogP contribution is 2.46. The summed E-state index contributed by atoms with van der Waals surface area (Å²) in [5.41, 5.74) is 0.425. The molecule has 1 fully saturated rings. The monoisotopic (exact) mass is 171 g/mol. The van der Waals surface area contributed by atoms with Crippen LogP contribution >= 0.6 is 12.6 Å². The average Bonchev–Trinajstić information content (AvgIpc) is 1.87. The molecule has 0 aliphatic heterocycles. The molecular weight excluding hydrogens is 152 g/mol. The molecule has 1 aliphatic rings. The Labute approximate surface area is 76.2 Å². The fourth-order valence-electron chi connectivity index (χ4n) is 1.71. The molecule has 0 aromatic carbocycles. The van der Waals surface area contributed by atoms with Crippen molar-refractivity contribution in [1.82, 2.24) is 0 Å². The standard InChI is InChI=1S/C10H19S/c1-9(2,11)10(3)7-5-4-6-8-10/h5,11H,4,6-8H2,1-3H3. The molecule has 1 rings (SSSR count). The molecule has 0 aromatic rings. The van der Waals surface area contributed by atoms with Crippen molar-refractivity contribution in [3.8, 4) is 0 Å². The van der Waals surface area contributed by atoms with Gasteiger partial charge in [0.1, 0.15) is 0 Å². The van der Waals surface area contributed by atoms with Gasteiger partial charge in [0.15, 0.2) is 0 Å². The molecule has 0 spiro atoms. The lowest BCUT2D eigenvalue weighted by molar-refractivity contribution is 0.197. The summed E-state index contributed by atoms with van der Waals surface area (Å²) in [4.78, 5) is 0. The molecule has 0 heterocycles. The first-order valence-electron chi connectivity index (χ1n) is 4.50. The molecule has 1 atom stereocenters. The summed E-state index contributed by atoms with van der Waals surface area (Å²) < 4.78 is 0.171. The smallest absolute Gasteiger partial charge is 0.0127 e. The predicted molar refractivity (Wildman–Crippen MR) is 53.9 cm³/mol. The van der Waals surface area contributed by atoms with E-state index >= 15 is 0 Å². The Balaban J connectivity index is 2.64. The minimum atomic E-state index is 0.171. The van der Waals surface area contributed by atoms with Crippen molar-refractivity contribution in [2.75, 3.05) is 0 Å². The molecule has 65 valence electrons. The number of rotatable bonds is 1. The van der Waals surface area contributed by atoms with Crippen LogP contribution in [0.3, 0.4) is 0 Å². The molecule has 0 bridgehead atoms. The van der Waals surface area contributed by atoms with Gasteiger partial charge in [0.2, 0.25) is 0 Å². The van der Waals surface area contributed by atoms with E-state index in [1.165, 1.54) is 25.7 Å². The van der Waals surface area contributed by atoms with Gasteiger partial charge in [0.25, 0.3) is 0 Å². The number of hydrogen-bond acceptors (Lipinski definition) is 1. The van der Waals surface area contributed by atoms with Crippen LogP contribution in [0.5, 0.6) is 0 Å². The van der Waals surface area contributed by atoms with Crippen molar-refractivity contribution < 1.29 is 0 Å². The Kier molecular flexibility index (Phi) is 2.58. The van der Waals surface area contributed by atoms with Gasteiger partial charge < -0.3 is 0 Å². The highest BCUT2D eigenvalue weighted by molar-refractivity contribution is 7.81. The Hall–Kier alpha value is 0.350. The third-order valence-electron chi connectivity index (χ3n) is 3.21. The van der Waals surface area contributed by atoms with Crippen LogP contribution in [0.25, 0.3) is 0 Å². The van der Waals surface area contributed by atoms with Gasteiger partial charge in [0.05, 0.1) is 0 Å². The second kappa shape index (κ2) is 3.01. The first-order chi connectivity index (χ1) is 4.96. The van der Waals surface area contributed by atoms with Gasteiger partial charge >= 0.3 is 0 Å². The van der Waals surface area contributed by atoms with Crippen molar-refractivity contribution in [1.29, 1.82) is 0 Å². The summed E-state index contributed by atoms with van der Waals surface area (Å²) in [6, 6.07) is 0. The second-order valence-electron chi connectivity index (χ2n) is 4.50. The van der Waals surface area contributed by atoms with Crippen LogP contribution in [0, 0.1) is 11.8 Å². The van der Waals surface area contributed by atoms with Crippen molar-refractivity contribution >= 4 is 12.6 Å².